The maximum atomic E-state index is 12.5. The van der Waals surface area contributed by atoms with Crippen LogP contribution in [0.5, 0.6) is 17.2 Å². The van der Waals surface area contributed by atoms with Crippen LogP contribution in [0.2, 0.25) is 0 Å². The molecule has 126 valence electrons. The van der Waals surface area contributed by atoms with Gasteiger partial charge < -0.3 is 19.5 Å². The van der Waals surface area contributed by atoms with Crippen molar-refractivity contribution in [3.63, 3.8) is 0 Å². The molecule has 0 amide bonds. The molecule has 0 aliphatic rings. The van der Waals surface area contributed by atoms with E-state index in [9.17, 15) is 4.79 Å². The van der Waals surface area contributed by atoms with Crippen LogP contribution in [0.25, 0.3) is 6.08 Å². The third kappa shape index (κ3) is 3.68. The van der Waals surface area contributed by atoms with Crippen LogP contribution in [0.15, 0.2) is 42.5 Å². The minimum absolute atomic E-state index is 0.100. The normalized spacial score (nSPS) is 10.5. The summed E-state index contributed by atoms with van der Waals surface area (Å²) in [4.78, 5) is 12.5. The van der Waals surface area contributed by atoms with Crippen molar-refractivity contribution in [2.24, 2.45) is 0 Å². The molecule has 2 aromatic carbocycles. The van der Waals surface area contributed by atoms with E-state index >= 15 is 0 Å². The van der Waals surface area contributed by atoms with E-state index in [-0.39, 0.29) is 5.78 Å². The number of para-hydroxylation sites is 1. The standard InChI is InChI=1S/C19H21NO4/c1-20-15-8-6-5-7-14(15)16(21)10-9-13-11-18(23-3)19(24-4)12-17(13)22-2/h5-12,20H,1-4H3/b10-9+. The van der Waals surface area contributed by atoms with Gasteiger partial charge in [-0.1, -0.05) is 12.1 Å². The Kier molecular flexibility index (Phi) is 5.84. The summed E-state index contributed by atoms with van der Waals surface area (Å²) < 4.78 is 15.9. The van der Waals surface area contributed by atoms with Crippen LogP contribution in [0, 0.1) is 0 Å². The second kappa shape index (κ2) is 8.06. The van der Waals surface area contributed by atoms with Gasteiger partial charge in [0.05, 0.1) is 21.3 Å². The Morgan fingerprint density at radius 3 is 2.21 bits per heavy atom. The lowest BCUT2D eigenvalue weighted by atomic mass is 10.1. The molecule has 0 bridgehead atoms. The lowest BCUT2D eigenvalue weighted by Gasteiger charge is -2.12. The van der Waals surface area contributed by atoms with Gasteiger partial charge in [-0.15, -0.1) is 0 Å². The molecule has 24 heavy (non-hydrogen) atoms. The number of carbonyl (C=O) groups excluding carboxylic acids is 1. The number of nitrogens with one attached hydrogen (secondary N) is 1. The zero-order chi connectivity index (χ0) is 17.5. The first-order valence-electron chi connectivity index (χ1n) is 7.43. The van der Waals surface area contributed by atoms with Crippen molar-refractivity contribution in [1.29, 1.82) is 0 Å². The summed E-state index contributed by atoms with van der Waals surface area (Å²) in [5.41, 5.74) is 2.12. The number of allylic oxidation sites excluding steroid dienone is 1. The molecule has 5 nitrogen and oxygen atoms in total. The average Bonchev–Trinajstić information content (AvgIpc) is 2.65. The molecule has 0 heterocycles. The van der Waals surface area contributed by atoms with Crippen LogP contribution in [-0.2, 0) is 0 Å². The predicted octanol–water partition coefficient (Wildman–Crippen LogP) is 3.65. The van der Waals surface area contributed by atoms with Crippen LogP contribution in [0.4, 0.5) is 5.69 Å². The molecular formula is C19H21NO4. The van der Waals surface area contributed by atoms with Crippen molar-refractivity contribution in [1.82, 2.24) is 0 Å². The van der Waals surface area contributed by atoms with Crippen molar-refractivity contribution >= 4 is 17.5 Å². The molecule has 0 atom stereocenters. The number of ether oxygens (including phenoxy) is 3. The van der Waals surface area contributed by atoms with Crippen molar-refractivity contribution < 1.29 is 19.0 Å². The first kappa shape index (κ1) is 17.4. The van der Waals surface area contributed by atoms with Gasteiger partial charge in [-0.05, 0) is 30.4 Å². The third-order valence-electron chi connectivity index (χ3n) is 3.61. The number of rotatable bonds is 7. The molecule has 5 heteroatoms. The van der Waals surface area contributed by atoms with Crippen LogP contribution >= 0.6 is 0 Å². The summed E-state index contributed by atoms with van der Waals surface area (Å²) in [5.74, 6) is 1.63. The number of hydrogen-bond acceptors (Lipinski definition) is 5. The van der Waals surface area contributed by atoms with Gasteiger partial charge in [-0.3, -0.25) is 4.79 Å². The fourth-order valence-corrected chi connectivity index (χ4v) is 2.35. The highest BCUT2D eigenvalue weighted by Gasteiger charge is 2.11. The molecule has 0 spiro atoms. The summed E-state index contributed by atoms with van der Waals surface area (Å²) in [6, 6.07) is 10.8. The molecule has 2 aromatic rings. The minimum Gasteiger partial charge on any atom is -0.496 e. The van der Waals surface area contributed by atoms with Gasteiger partial charge in [0.15, 0.2) is 17.3 Å². The van der Waals surface area contributed by atoms with E-state index in [0.717, 1.165) is 11.3 Å². The molecule has 0 aliphatic carbocycles. The topological polar surface area (TPSA) is 56.8 Å². The Balaban J connectivity index is 2.35. The Hall–Kier alpha value is -2.95. The van der Waals surface area contributed by atoms with Gasteiger partial charge in [0.2, 0.25) is 0 Å². The van der Waals surface area contributed by atoms with Crippen molar-refractivity contribution in [2.45, 2.75) is 0 Å². The van der Waals surface area contributed by atoms with E-state index in [1.807, 2.05) is 18.2 Å². The van der Waals surface area contributed by atoms with E-state index < -0.39 is 0 Å². The highest BCUT2D eigenvalue weighted by Crippen LogP contribution is 2.35. The van der Waals surface area contributed by atoms with Crippen molar-refractivity contribution in [3.8, 4) is 17.2 Å². The van der Waals surface area contributed by atoms with E-state index in [2.05, 4.69) is 5.32 Å². The number of carbonyl (C=O) groups is 1. The summed E-state index contributed by atoms with van der Waals surface area (Å²) in [5, 5.41) is 3.01. The van der Waals surface area contributed by atoms with Gasteiger partial charge in [-0.25, -0.2) is 0 Å². The highest BCUT2D eigenvalue weighted by molar-refractivity contribution is 6.10. The SMILES string of the molecule is CNc1ccccc1C(=O)/C=C/c1cc(OC)c(OC)cc1OC. The Bertz CT molecular complexity index is 753. The highest BCUT2D eigenvalue weighted by atomic mass is 16.5. The second-order valence-corrected chi connectivity index (χ2v) is 4.94. The zero-order valence-electron chi connectivity index (χ0n) is 14.3. The van der Waals surface area contributed by atoms with Crippen LogP contribution in [-0.4, -0.2) is 34.2 Å². The molecule has 0 saturated carbocycles. The maximum Gasteiger partial charge on any atom is 0.187 e. The molecule has 0 fully saturated rings. The smallest absolute Gasteiger partial charge is 0.187 e. The van der Waals surface area contributed by atoms with Gasteiger partial charge in [0.25, 0.3) is 0 Å². The predicted molar refractivity (Wildman–Crippen MR) is 95.5 cm³/mol. The maximum absolute atomic E-state index is 12.5. The molecule has 2 rings (SSSR count). The molecule has 1 N–H and O–H groups in total. The van der Waals surface area contributed by atoms with E-state index in [1.165, 1.54) is 6.08 Å². The van der Waals surface area contributed by atoms with E-state index in [1.54, 1.807) is 52.7 Å². The monoisotopic (exact) mass is 327 g/mol. The third-order valence-corrected chi connectivity index (χ3v) is 3.61. The number of hydrogen-bond donors (Lipinski definition) is 1. The number of anilines is 1. The number of benzene rings is 2. The van der Waals surface area contributed by atoms with E-state index in [4.69, 9.17) is 14.2 Å². The lowest BCUT2D eigenvalue weighted by Crippen LogP contribution is -2.01. The number of methoxy groups -OCH3 is 3. The summed E-state index contributed by atoms with van der Waals surface area (Å²) in [6.07, 6.45) is 3.22. The fourth-order valence-electron chi connectivity index (χ4n) is 2.35. The molecule has 0 aromatic heterocycles. The van der Waals surface area contributed by atoms with Crippen molar-refractivity contribution in [3.05, 3.63) is 53.6 Å². The molecular weight excluding hydrogens is 306 g/mol. The van der Waals surface area contributed by atoms with E-state index in [0.29, 0.717) is 22.8 Å². The lowest BCUT2D eigenvalue weighted by molar-refractivity contribution is 0.104. The largest absolute Gasteiger partial charge is 0.496 e. The summed E-state index contributed by atoms with van der Waals surface area (Å²) >= 11 is 0. The molecule has 0 unspecified atom stereocenters. The second-order valence-electron chi connectivity index (χ2n) is 4.94. The van der Waals surface area contributed by atoms with Crippen molar-refractivity contribution in [2.75, 3.05) is 33.7 Å². The fraction of sp³-hybridized carbons (Fsp3) is 0.211. The molecule has 0 aliphatic heterocycles. The van der Waals surface area contributed by atoms with Gasteiger partial charge in [-0.2, -0.15) is 0 Å². The van der Waals surface area contributed by atoms with Crippen LogP contribution in [0.3, 0.4) is 0 Å². The zero-order valence-corrected chi connectivity index (χ0v) is 14.3. The molecule has 0 radical (unpaired) electrons. The number of ketones is 1. The average molecular weight is 327 g/mol. The Labute approximate surface area is 141 Å². The van der Waals surface area contributed by atoms with Gasteiger partial charge in [0.1, 0.15) is 5.75 Å². The summed E-state index contributed by atoms with van der Waals surface area (Å²) in [6.45, 7) is 0. The Morgan fingerprint density at radius 2 is 1.58 bits per heavy atom. The summed E-state index contributed by atoms with van der Waals surface area (Å²) in [7, 11) is 6.47. The first-order chi connectivity index (χ1) is 11.6. The van der Waals surface area contributed by atoms with Crippen LogP contribution in [0.1, 0.15) is 15.9 Å². The molecule has 0 saturated heterocycles. The van der Waals surface area contributed by atoms with Crippen LogP contribution < -0.4 is 19.5 Å². The minimum atomic E-state index is -0.100. The first-order valence-corrected chi connectivity index (χ1v) is 7.43. The van der Waals surface area contributed by atoms with Gasteiger partial charge in [0, 0.05) is 29.9 Å². The quantitative estimate of drug-likeness (QED) is 0.621. The Morgan fingerprint density at radius 1 is 0.958 bits per heavy atom. The van der Waals surface area contributed by atoms with Gasteiger partial charge >= 0.3 is 0 Å².